The summed E-state index contributed by atoms with van der Waals surface area (Å²) >= 11 is 0. The van der Waals surface area contributed by atoms with Crippen LogP contribution in [0.25, 0.3) is 0 Å². The zero-order chi connectivity index (χ0) is 14.8. The number of benzene rings is 1. The van der Waals surface area contributed by atoms with E-state index in [-0.39, 0.29) is 6.04 Å². The Balaban J connectivity index is 1.68. The highest BCUT2D eigenvalue weighted by Gasteiger charge is 2.45. The molecular formula is C18H20N2O2. The molecule has 2 saturated heterocycles. The number of rotatable bonds is 2. The third-order valence-electron chi connectivity index (χ3n) is 4.56. The third kappa shape index (κ3) is 2.49. The average molecular weight is 296 g/mol. The van der Waals surface area contributed by atoms with Crippen LogP contribution in [0.2, 0.25) is 0 Å². The molecule has 0 amide bonds. The number of pyridine rings is 1. The largest absolute Gasteiger partial charge is 0.349 e. The van der Waals surface area contributed by atoms with Crippen molar-refractivity contribution in [1.82, 2.24) is 4.98 Å². The Labute approximate surface area is 130 Å². The van der Waals surface area contributed by atoms with Gasteiger partial charge in [-0.2, -0.15) is 0 Å². The molecule has 1 aromatic carbocycles. The summed E-state index contributed by atoms with van der Waals surface area (Å²) in [7, 11) is 0. The second-order valence-electron chi connectivity index (χ2n) is 5.87. The summed E-state index contributed by atoms with van der Waals surface area (Å²) in [4.78, 5) is 6.90. The standard InChI is InChI=1S/C18H20N2O2/c1-2-6-15(7-3-1)16-14-18(21-12-13-22-18)9-11-20(16)17-8-4-5-10-19-17/h1-8,10,16H,9,11-14H2. The molecule has 4 rings (SSSR count). The van der Waals surface area contributed by atoms with Crippen molar-refractivity contribution in [2.75, 3.05) is 24.7 Å². The minimum absolute atomic E-state index is 0.225. The molecule has 0 bridgehead atoms. The third-order valence-corrected chi connectivity index (χ3v) is 4.56. The van der Waals surface area contributed by atoms with Crippen LogP contribution in [0.5, 0.6) is 0 Å². The maximum Gasteiger partial charge on any atom is 0.172 e. The maximum atomic E-state index is 5.95. The number of piperidine rings is 1. The van der Waals surface area contributed by atoms with Crippen LogP contribution in [0.15, 0.2) is 54.7 Å². The van der Waals surface area contributed by atoms with E-state index in [1.54, 1.807) is 0 Å². The van der Waals surface area contributed by atoms with Crippen molar-refractivity contribution in [1.29, 1.82) is 0 Å². The van der Waals surface area contributed by atoms with Gasteiger partial charge in [0.2, 0.25) is 0 Å². The molecule has 0 aliphatic carbocycles. The summed E-state index contributed by atoms with van der Waals surface area (Å²) in [5.41, 5.74) is 1.28. The maximum absolute atomic E-state index is 5.95. The Morgan fingerprint density at radius 2 is 1.77 bits per heavy atom. The van der Waals surface area contributed by atoms with E-state index in [9.17, 15) is 0 Å². The molecule has 1 aromatic heterocycles. The fourth-order valence-electron chi connectivity index (χ4n) is 3.48. The molecule has 2 aliphatic heterocycles. The first kappa shape index (κ1) is 13.7. The molecule has 4 heteroatoms. The second-order valence-corrected chi connectivity index (χ2v) is 5.87. The normalized spacial score (nSPS) is 23.8. The van der Waals surface area contributed by atoms with Gasteiger partial charge in [0, 0.05) is 25.6 Å². The first-order valence-corrected chi connectivity index (χ1v) is 7.87. The molecule has 4 nitrogen and oxygen atoms in total. The van der Waals surface area contributed by atoms with Gasteiger partial charge >= 0.3 is 0 Å². The van der Waals surface area contributed by atoms with Crippen LogP contribution in [0.1, 0.15) is 24.4 Å². The smallest absolute Gasteiger partial charge is 0.172 e. The van der Waals surface area contributed by atoms with E-state index in [1.165, 1.54) is 5.56 Å². The molecule has 22 heavy (non-hydrogen) atoms. The number of anilines is 1. The zero-order valence-corrected chi connectivity index (χ0v) is 12.5. The van der Waals surface area contributed by atoms with Crippen LogP contribution < -0.4 is 4.90 Å². The number of hydrogen-bond donors (Lipinski definition) is 0. The summed E-state index contributed by atoms with van der Waals surface area (Å²) in [6.07, 6.45) is 3.57. The van der Waals surface area contributed by atoms with E-state index >= 15 is 0 Å². The molecular weight excluding hydrogens is 276 g/mol. The number of aromatic nitrogens is 1. The van der Waals surface area contributed by atoms with Crippen molar-refractivity contribution >= 4 is 5.82 Å². The Bertz CT molecular complexity index is 611. The lowest BCUT2D eigenvalue weighted by Gasteiger charge is -2.44. The predicted octanol–water partition coefficient (Wildman–Crippen LogP) is 3.17. The molecule has 114 valence electrons. The molecule has 2 aliphatic rings. The molecule has 2 aromatic rings. The van der Waals surface area contributed by atoms with Crippen molar-refractivity contribution in [3.05, 3.63) is 60.3 Å². The molecule has 0 N–H and O–H groups in total. The van der Waals surface area contributed by atoms with E-state index in [2.05, 4.69) is 46.3 Å². The van der Waals surface area contributed by atoms with Gasteiger partial charge in [-0.15, -0.1) is 0 Å². The minimum Gasteiger partial charge on any atom is -0.349 e. The SMILES string of the molecule is c1ccc(C2CC3(CCN2c2ccccn2)OCCO3)cc1. The summed E-state index contributed by atoms with van der Waals surface area (Å²) < 4.78 is 11.9. The van der Waals surface area contributed by atoms with Gasteiger partial charge in [-0.25, -0.2) is 4.98 Å². The Hall–Kier alpha value is -1.91. The van der Waals surface area contributed by atoms with Gasteiger partial charge < -0.3 is 14.4 Å². The van der Waals surface area contributed by atoms with Gasteiger partial charge in [0.1, 0.15) is 5.82 Å². The molecule has 1 spiro atoms. The first-order valence-electron chi connectivity index (χ1n) is 7.87. The van der Waals surface area contributed by atoms with Gasteiger partial charge in [0.15, 0.2) is 5.79 Å². The Morgan fingerprint density at radius 1 is 1.00 bits per heavy atom. The van der Waals surface area contributed by atoms with Crippen molar-refractivity contribution in [3.63, 3.8) is 0 Å². The molecule has 1 atom stereocenters. The monoisotopic (exact) mass is 296 g/mol. The Kier molecular flexibility index (Phi) is 3.56. The fourth-order valence-corrected chi connectivity index (χ4v) is 3.48. The molecule has 1 unspecified atom stereocenters. The summed E-state index contributed by atoms with van der Waals surface area (Å²) in [5, 5.41) is 0. The van der Waals surface area contributed by atoms with E-state index < -0.39 is 5.79 Å². The molecule has 2 fully saturated rings. The zero-order valence-electron chi connectivity index (χ0n) is 12.5. The van der Waals surface area contributed by atoms with Gasteiger partial charge in [-0.1, -0.05) is 36.4 Å². The molecule has 0 saturated carbocycles. The summed E-state index contributed by atoms with van der Waals surface area (Å²) in [6.45, 7) is 2.28. The van der Waals surface area contributed by atoms with Crippen molar-refractivity contribution in [2.24, 2.45) is 0 Å². The predicted molar refractivity (Wildman–Crippen MR) is 84.6 cm³/mol. The van der Waals surface area contributed by atoms with Crippen LogP contribution in [0.3, 0.4) is 0 Å². The Morgan fingerprint density at radius 3 is 2.50 bits per heavy atom. The van der Waals surface area contributed by atoms with Crippen LogP contribution in [0.4, 0.5) is 5.82 Å². The number of hydrogen-bond acceptors (Lipinski definition) is 4. The summed E-state index contributed by atoms with van der Waals surface area (Å²) in [6, 6.07) is 16.9. The van der Waals surface area contributed by atoms with E-state index in [0.717, 1.165) is 25.2 Å². The lowest BCUT2D eigenvalue weighted by molar-refractivity contribution is -0.176. The van der Waals surface area contributed by atoms with Crippen LogP contribution >= 0.6 is 0 Å². The van der Waals surface area contributed by atoms with E-state index in [4.69, 9.17) is 9.47 Å². The van der Waals surface area contributed by atoms with Crippen LogP contribution in [-0.4, -0.2) is 30.5 Å². The van der Waals surface area contributed by atoms with Gasteiger partial charge in [0.25, 0.3) is 0 Å². The highest BCUT2D eigenvalue weighted by molar-refractivity contribution is 5.43. The lowest BCUT2D eigenvalue weighted by atomic mass is 9.90. The van der Waals surface area contributed by atoms with Crippen molar-refractivity contribution in [3.8, 4) is 0 Å². The fraction of sp³-hybridized carbons (Fsp3) is 0.389. The van der Waals surface area contributed by atoms with Crippen molar-refractivity contribution in [2.45, 2.75) is 24.7 Å². The number of nitrogens with zero attached hydrogens (tertiary/aromatic N) is 2. The highest BCUT2D eigenvalue weighted by atomic mass is 16.7. The van der Waals surface area contributed by atoms with Crippen LogP contribution in [0, 0.1) is 0 Å². The minimum atomic E-state index is -0.411. The highest BCUT2D eigenvalue weighted by Crippen LogP contribution is 2.42. The van der Waals surface area contributed by atoms with Gasteiger partial charge in [0.05, 0.1) is 19.3 Å². The topological polar surface area (TPSA) is 34.6 Å². The second kappa shape index (κ2) is 5.71. The quantitative estimate of drug-likeness (QED) is 0.852. The van der Waals surface area contributed by atoms with Gasteiger partial charge in [-0.05, 0) is 17.7 Å². The summed E-state index contributed by atoms with van der Waals surface area (Å²) in [5.74, 6) is 0.607. The van der Waals surface area contributed by atoms with E-state index in [0.29, 0.717) is 13.2 Å². The van der Waals surface area contributed by atoms with Gasteiger partial charge in [-0.3, -0.25) is 0 Å². The average Bonchev–Trinajstić information content (AvgIpc) is 3.04. The van der Waals surface area contributed by atoms with Crippen LogP contribution in [-0.2, 0) is 9.47 Å². The van der Waals surface area contributed by atoms with E-state index in [1.807, 2.05) is 18.3 Å². The number of ether oxygens (including phenoxy) is 2. The first-order chi connectivity index (χ1) is 10.9. The van der Waals surface area contributed by atoms with Crippen molar-refractivity contribution < 1.29 is 9.47 Å². The molecule has 0 radical (unpaired) electrons. The lowest BCUT2D eigenvalue weighted by Crippen LogP contribution is -2.47. The molecule has 3 heterocycles.